The van der Waals surface area contributed by atoms with Gasteiger partial charge in [-0.2, -0.15) is 0 Å². The number of amides is 2. The summed E-state index contributed by atoms with van der Waals surface area (Å²) in [6, 6.07) is 5.80. The fourth-order valence-electron chi connectivity index (χ4n) is 2.67. The van der Waals surface area contributed by atoms with Crippen LogP contribution in [-0.2, 0) is 16.0 Å². The minimum Gasteiger partial charge on any atom is -0.326 e. The largest absolute Gasteiger partial charge is 0.326 e. The Kier molecular flexibility index (Phi) is 4.35. The van der Waals surface area contributed by atoms with E-state index in [-0.39, 0.29) is 17.2 Å². The first-order valence-electron chi connectivity index (χ1n) is 7.53. The molecule has 1 N–H and O–H groups in total. The second-order valence-electron chi connectivity index (χ2n) is 6.77. The van der Waals surface area contributed by atoms with E-state index in [1.165, 1.54) is 0 Å². The molecule has 0 saturated heterocycles. The maximum atomic E-state index is 12.0. The molecule has 0 aromatic heterocycles. The topological polar surface area (TPSA) is 49.4 Å². The quantitative estimate of drug-likeness (QED) is 0.927. The molecule has 0 bridgehead atoms. The monoisotopic (exact) mass is 288 g/mol. The van der Waals surface area contributed by atoms with Crippen molar-refractivity contribution in [1.82, 2.24) is 0 Å². The lowest BCUT2D eigenvalue weighted by Crippen LogP contribution is -2.34. The lowest BCUT2D eigenvalue weighted by Gasteiger charge is -2.28. The lowest BCUT2D eigenvalue weighted by molar-refractivity contribution is -0.119. The molecule has 1 heterocycles. The van der Waals surface area contributed by atoms with Gasteiger partial charge in [-0.25, -0.2) is 0 Å². The normalized spacial score (nSPS) is 14.9. The number of hydrogen-bond donors (Lipinski definition) is 1. The van der Waals surface area contributed by atoms with Gasteiger partial charge in [-0.15, -0.1) is 0 Å². The van der Waals surface area contributed by atoms with Crippen molar-refractivity contribution >= 4 is 23.2 Å². The van der Waals surface area contributed by atoms with E-state index in [9.17, 15) is 9.59 Å². The molecule has 0 radical (unpaired) electrons. The zero-order valence-electron chi connectivity index (χ0n) is 13.3. The summed E-state index contributed by atoms with van der Waals surface area (Å²) in [4.78, 5) is 25.7. The highest BCUT2D eigenvalue weighted by Crippen LogP contribution is 2.30. The van der Waals surface area contributed by atoms with Gasteiger partial charge in [0.15, 0.2) is 0 Å². The minimum absolute atomic E-state index is 0.0241. The average Bonchev–Trinajstić information content (AvgIpc) is 2.36. The maximum Gasteiger partial charge on any atom is 0.227 e. The number of carbonyl (C=O) groups is 2. The Morgan fingerprint density at radius 3 is 2.62 bits per heavy atom. The molecule has 0 aliphatic carbocycles. The number of benzene rings is 1. The van der Waals surface area contributed by atoms with Crippen molar-refractivity contribution in [3.8, 4) is 0 Å². The summed E-state index contributed by atoms with van der Waals surface area (Å²) < 4.78 is 0. The summed E-state index contributed by atoms with van der Waals surface area (Å²) >= 11 is 0. The molecule has 4 heteroatoms. The number of hydrogen-bond acceptors (Lipinski definition) is 2. The molecule has 2 amide bonds. The average molecular weight is 288 g/mol. The van der Waals surface area contributed by atoms with Crippen molar-refractivity contribution in [3.63, 3.8) is 0 Å². The molecule has 0 atom stereocenters. The lowest BCUT2D eigenvalue weighted by atomic mass is 9.92. The second kappa shape index (κ2) is 5.88. The highest BCUT2D eigenvalue weighted by Gasteiger charge is 2.23. The molecular formula is C17H24N2O2. The van der Waals surface area contributed by atoms with Crippen molar-refractivity contribution in [2.75, 3.05) is 16.8 Å². The number of aryl methyl sites for hydroxylation is 1. The summed E-state index contributed by atoms with van der Waals surface area (Å²) in [5.41, 5.74) is 2.89. The molecule has 0 spiro atoms. The summed E-state index contributed by atoms with van der Waals surface area (Å²) in [5, 5.41) is 2.95. The number of anilines is 2. The summed E-state index contributed by atoms with van der Waals surface area (Å²) in [5.74, 6) is 0.205. The van der Waals surface area contributed by atoms with Crippen molar-refractivity contribution in [1.29, 1.82) is 0 Å². The van der Waals surface area contributed by atoms with Crippen LogP contribution in [0.1, 0.15) is 46.1 Å². The molecule has 1 aromatic rings. The Hall–Kier alpha value is -1.84. The first-order chi connectivity index (χ1) is 9.80. The standard InChI is InChI=1S/C17H24N2O2/c1-5-19-14-8-7-13(10-12(14)6-9-16(19)21)18-15(20)11-17(2,3)4/h7-8,10H,5-6,9,11H2,1-4H3,(H,18,20). The van der Waals surface area contributed by atoms with Gasteiger partial charge in [-0.3, -0.25) is 9.59 Å². The number of fused-ring (bicyclic) bond motifs is 1. The maximum absolute atomic E-state index is 12.0. The van der Waals surface area contributed by atoms with Crippen molar-refractivity contribution < 1.29 is 9.59 Å². The number of nitrogens with zero attached hydrogens (tertiary/aromatic N) is 1. The second-order valence-corrected chi connectivity index (χ2v) is 6.77. The fourth-order valence-corrected chi connectivity index (χ4v) is 2.67. The first-order valence-corrected chi connectivity index (χ1v) is 7.53. The van der Waals surface area contributed by atoms with E-state index < -0.39 is 0 Å². The predicted octanol–water partition coefficient (Wildman–Crippen LogP) is 3.36. The SMILES string of the molecule is CCN1C(=O)CCc2cc(NC(=O)CC(C)(C)C)ccc21. The number of nitrogens with one attached hydrogen (secondary N) is 1. The predicted molar refractivity (Wildman–Crippen MR) is 85.5 cm³/mol. The van der Waals surface area contributed by atoms with Gasteiger partial charge in [-0.1, -0.05) is 20.8 Å². The zero-order valence-corrected chi connectivity index (χ0v) is 13.3. The minimum atomic E-state index is -0.0241. The van der Waals surface area contributed by atoms with Crippen LogP contribution in [0, 0.1) is 5.41 Å². The molecule has 0 saturated carbocycles. The summed E-state index contributed by atoms with van der Waals surface area (Å²) in [7, 11) is 0. The van der Waals surface area contributed by atoms with Crippen LogP contribution in [-0.4, -0.2) is 18.4 Å². The first kappa shape index (κ1) is 15.5. The van der Waals surface area contributed by atoms with Gasteiger partial charge in [0.2, 0.25) is 11.8 Å². The van der Waals surface area contributed by atoms with E-state index in [0.29, 0.717) is 19.4 Å². The van der Waals surface area contributed by atoms with Gasteiger partial charge in [0.05, 0.1) is 0 Å². The van der Waals surface area contributed by atoms with E-state index in [1.807, 2.05) is 45.9 Å². The van der Waals surface area contributed by atoms with Gasteiger partial charge in [-0.05, 0) is 42.5 Å². The molecule has 0 fully saturated rings. The van der Waals surface area contributed by atoms with Crippen LogP contribution in [0.4, 0.5) is 11.4 Å². The highest BCUT2D eigenvalue weighted by atomic mass is 16.2. The Bertz CT molecular complexity index is 558. The van der Waals surface area contributed by atoms with Gasteiger partial charge in [0.25, 0.3) is 0 Å². The van der Waals surface area contributed by atoms with E-state index in [4.69, 9.17) is 0 Å². The van der Waals surface area contributed by atoms with Crippen molar-refractivity contribution in [2.45, 2.75) is 47.0 Å². The van der Waals surface area contributed by atoms with Crippen molar-refractivity contribution in [2.24, 2.45) is 5.41 Å². The molecule has 1 aliphatic heterocycles. The van der Waals surface area contributed by atoms with Crippen LogP contribution in [0.3, 0.4) is 0 Å². The number of rotatable bonds is 3. The Labute approximate surface area is 126 Å². The molecule has 0 unspecified atom stereocenters. The Morgan fingerprint density at radius 2 is 2.00 bits per heavy atom. The van der Waals surface area contributed by atoms with E-state index in [1.54, 1.807) is 4.90 Å². The molecular weight excluding hydrogens is 264 g/mol. The van der Waals surface area contributed by atoms with Gasteiger partial charge >= 0.3 is 0 Å². The molecule has 114 valence electrons. The summed E-state index contributed by atoms with van der Waals surface area (Å²) in [6.07, 6.45) is 1.78. The van der Waals surface area contributed by atoms with Crippen LogP contribution >= 0.6 is 0 Å². The molecule has 1 aliphatic rings. The Balaban J connectivity index is 2.15. The van der Waals surface area contributed by atoms with Crippen LogP contribution in [0.15, 0.2) is 18.2 Å². The molecule has 4 nitrogen and oxygen atoms in total. The van der Waals surface area contributed by atoms with E-state index >= 15 is 0 Å². The number of carbonyl (C=O) groups excluding carboxylic acids is 2. The van der Waals surface area contributed by atoms with Gasteiger partial charge < -0.3 is 10.2 Å². The third kappa shape index (κ3) is 3.84. The third-order valence-electron chi connectivity index (χ3n) is 3.57. The van der Waals surface area contributed by atoms with Crippen LogP contribution in [0.5, 0.6) is 0 Å². The zero-order chi connectivity index (χ0) is 15.6. The molecule has 1 aromatic carbocycles. The molecule has 2 rings (SSSR count). The van der Waals surface area contributed by atoms with Crippen LogP contribution in [0.25, 0.3) is 0 Å². The highest BCUT2D eigenvalue weighted by molar-refractivity contribution is 5.97. The van der Waals surface area contributed by atoms with Gasteiger partial charge in [0, 0.05) is 30.8 Å². The van der Waals surface area contributed by atoms with Crippen LogP contribution < -0.4 is 10.2 Å². The molecule has 21 heavy (non-hydrogen) atoms. The fraction of sp³-hybridized carbons (Fsp3) is 0.529. The third-order valence-corrected chi connectivity index (χ3v) is 3.57. The Morgan fingerprint density at radius 1 is 1.29 bits per heavy atom. The summed E-state index contributed by atoms with van der Waals surface area (Å²) in [6.45, 7) is 8.80. The van der Waals surface area contributed by atoms with E-state index in [0.717, 1.165) is 23.4 Å². The van der Waals surface area contributed by atoms with E-state index in [2.05, 4.69) is 5.32 Å². The van der Waals surface area contributed by atoms with Crippen molar-refractivity contribution in [3.05, 3.63) is 23.8 Å². The smallest absolute Gasteiger partial charge is 0.227 e. The van der Waals surface area contributed by atoms with Crippen LogP contribution in [0.2, 0.25) is 0 Å². The van der Waals surface area contributed by atoms with Gasteiger partial charge in [0.1, 0.15) is 0 Å².